The number of piperidine rings is 1. The first-order chi connectivity index (χ1) is 8.60. The van der Waals surface area contributed by atoms with Crippen LogP contribution in [0.2, 0.25) is 0 Å². The van der Waals surface area contributed by atoms with E-state index in [0.717, 1.165) is 6.54 Å². The van der Waals surface area contributed by atoms with Crippen molar-refractivity contribution < 1.29 is 4.79 Å². The van der Waals surface area contributed by atoms with E-state index in [2.05, 4.69) is 36.4 Å². The molecule has 4 heteroatoms. The van der Waals surface area contributed by atoms with Crippen molar-refractivity contribution in [1.29, 1.82) is 0 Å². The Hall–Kier alpha value is -0.610. The second-order valence-corrected chi connectivity index (χ2v) is 6.21. The molecule has 0 saturated carbocycles. The Morgan fingerprint density at radius 3 is 2.39 bits per heavy atom. The lowest BCUT2D eigenvalue weighted by atomic mass is 9.97. The average Bonchev–Trinajstić information content (AvgIpc) is 2.59. The molecule has 2 heterocycles. The third-order valence-electron chi connectivity index (χ3n) is 4.33. The van der Waals surface area contributed by atoms with E-state index in [1.54, 1.807) is 0 Å². The van der Waals surface area contributed by atoms with Crippen LogP contribution in [0, 0.1) is 5.92 Å². The van der Waals surface area contributed by atoms with Crippen molar-refractivity contribution in [2.24, 2.45) is 5.92 Å². The van der Waals surface area contributed by atoms with Crippen LogP contribution in [0.4, 0.5) is 0 Å². The number of rotatable bonds is 5. The number of hydrogen-bond donors (Lipinski definition) is 2. The molecule has 1 amide bonds. The van der Waals surface area contributed by atoms with Crippen molar-refractivity contribution in [3.05, 3.63) is 0 Å². The summed E-state index contributed by atoms with van der Waals surface area (Å²) in [5.74, 6) is 0.726. The Balaban J connectivity index is 1.82. The number of nitrogens with zero attached hydrogens (tertiary/aromatic N) is 1. The Kier molecular flexibility index (Phi) is 4.62. The zero-order chi connectivity index (χ0) is 13.1. The normalized spacial score (nSPS) is 31.9. The minimum atomic E-state index is 0.198. The van der Waals surface area contributed by atoms with Gasteiger partial charge < -0.3 is 10.6 Å². The highest BCUT2D eigenvalue weighted by Gasteiger charge is 2.40. The molecule has 2 saturated heterocycles. The molecular weight excluding hydrogens is 226 g/mol. The third kappa shape index (κ3) is 3.23. The second kappa shape index (κ2) is 6.02. The Morgan fingerprint density at radius 2 is 1.89 bits per heavy atom. The highest BCUT2D eigenvalue weighted by atomic mass is 16.2. The Labute approximate surface area is 110 Å². The van der Waals surface area contributed by atoms with Crippen LogP contribution in [0.25, 0.3) is 0 Å². The average molecular weight is 253 g/mol. The molecule has 2 fully saturated rings. The molecule has 0 aromatic heterocycles. The predicted molar refractivity (Wildman–Crippen MR) is 73.4 cm³/mol. The summed E-state index contributed by atoms with van der Waals surface area (Å²) in [5, 5.41) is 6.42. The Bertz CT molecular complexity index is 279. The van der Waals surface area contributed by atoms with E-state index in [1.165, 1.54) is 25.7 Å². The molecule has 2 bridgehead atoms. The van der Waals surface area contributed by atoms with Crippen molar-refractivity contribution in [2.45, 2.75) is 57.7 Å². The second-order valence-electron chi connectivity index (χ2n) is 6.21. The lowest BCUT2D eigenvalue weighted by Crippen LogP contribution is -2.51. The molecular formula is C14H27N3O. The van der Waals surface area contributed by atoms with Crippen LogP contribution in [-0.4, -0.2) is 49.1 Å². The van der Waals surface area contributed by atoms with E-state index < -0.39 is 0 Å². The first kappa shape index (κ1) is 13.8. The minimum absolute atomic E-state index is 0.198. The summed E-state index contributed by atoms with van der Waals surface area (Å²) in [6.45, 7) is 5.64. The number of fused-ring (bicyclic) bond motifs is 2. The van der Waals surface area contributed by atoms with E-state index in [4.69, 9.17) is 0 Å². The summed E-state index contributed by atoms with van der Waals surface area (Å²) in [6.07, 6.45) is 4.93. The van der Waals surface area contributed by atoms with E-state index in [9.17, 15) is 4.79 Å². The quantitative estimate of drug-likeness (QED) is 0.767. The van der Waals surface area contributed by atoms with E-state index in [0.29, 0.717) is 30.6 Å². The van der Waals surface area contributed by atoms with Gasteiger partial charge in [0.25, 0.3) is 0 Å². The van der Waals surface area contributed by atoms with Gasteiger partial charge in [-0.15, -0.1) is 0 Å². The van der Waals surface area contributed by atoms with Crippen LogP contribution in [0.5, 0.6) is 0 Å². The zero-order valence-electron chi connectivity index (χ0n) is 11.9. The van der Waals surface area contributed by atoms with Crippen LogP contribution < -0.4 is 10.6 Å². The fourth-order valence-electron chi connectivity index (χ4n) is 3.31. The van der Waals surface area contributed by atoms with Gasteiger partial charge in [0.1, 0.15) is 0 Å². The van der Waals surface area contributed by atoms with E-state index in [-0.39, 0.29) is 5.91 Å². The van der Waals surface area contributed by atoms with Crippen molar-refractivity contribution in [1.82, 2.24) is 15.5 Å². The molecule has 4 nitrogen and oxygen atoms in total. The Morgan fingerprint density at radius 1 is 1.28 bits per heavy atom. The molecule has 0 spiro atoms. The van der Waals surface area contributed by atoms with Crippen molar-refractivity contribution in [3.8, 4) is 0 Å². The van der Waals surface area contributed by atoms with Crippen molar-refractivity contribution in [2.75, 3.05) is 20.1 Å². The molecule has 2 atom stereocenters. The molecule has 0 aromatic rings. The summed E-state index contributed by atoms with van der Waals surface area (Å²) in [4.78, 5) is 14.4. The largest absolute Gasteiger partial charge is 0.355 e. The topological polar surface area (TPSA) is 44.4 Å². The number of carbonyl (C=O) groups excluding carboxylic acids is 1. The van der Waals surface area contributed by atoms with Gasteiger partial charge in [-0.3, -0.25) is 9.69 Å². The molecule has 2 aliphatic rings. The lowest BCUT2D eigenvalue weighted by Gasteiger charge is -2.38. The summed E-state index contributed by atoms with van der Waals surface area (Å²) in [6, 6.07) is 1.88. The van der Waals surface area contributed by atoms with Gasteiger partial charge in [0.05, 0.1) is 6.54 Å². The van der Waals surface area contributed by atoms with E-state index in [1.807, 2.05) is 0 Å². The maximum Gasteiger partial charge on any atom is 0.234 e. The van der Waals surface area contributed by atoms with Gasteiger partial charge in [-0.25, -0.2) is 0 Å². The van der Waals surface area contributed by atoms with Crippen molar-refractivity contribution in [3.63, 3.8) is 0 Å². The molecule has 104 valence electrons. The molecule has 2 unspecified atom stereocenters. The van der Waals surface area contributed by atoms with Gasteiger partial charge in [-0.2, -0.15) is 0 Å². The van der Waals surface area contributed by atoms with Gasteiger partial charge >= 0.3 is 0 Å². The summed E-state index contributed by atoms with van der Waals surface area (Å²) < 4.78 is 0. The monoisotopic (exact) mass is 253 g/mol. The fourth-order valence-corrected chi connectivity index (χ4v) is 3.31. The first-order valence-corrected chi connectivity index (χ1v) is 7.29. The zero-order valence-corrected chi connectivity index (χ0v) is 11.9. The summed E-state index contributed by atoms with van der Waals surface area (Å²) >= 11 is 0. The molecule has 0 aromatic carbocycles. The maximum absolute atomic E-state index is 11.9. The highest BCUT2D eigenvalue weighted by Crippen LogP contribution is 2.35. The van der Waals surface area contributed by atoms with Crippen LogP contribution >= 0.6 is 0 Å². The van der Waals surface area contributed by atoms with E-state index >= 15 is 0 Å². The van der Waals surface area contributed by atoms with Gasteiger partial charge in [-0.1, -0.05) is 13.8 Å². The number of amides is 1. The molecule has 2 N–H and O–H groups in total. The maximum atomic E-state index is 11.9. The van der Waals surface area contributed by atoms with Crippen LogP contribution in [0.3, 0.4) is 0 Å². The number of carbonyl (C=O) groups is 1. The summed E-state index contributed by atoms with van der Waals surface area (Å²) in [5.41, 5.74) is 0. The third-order valence-corrected chi connectivity index (χ3v) is 4.33. The molecule has 2 aliphatic heterocycles. The van der Waals surface area contributed by atoms with Gasteiger partial charge in [0, 0.05) is 24.7 Å². The highest BCUT2D eigenvalue weighted by molar-refractivity contribution is 5.78. The SMILES string of the molecule is CNC1CC2CCC(C1)N2CC(=O)NCC(C)C. The molecule has 0 radical (unpaired) electrons. The molecule has 0 aliphatic carbocycles. The lowest BCUT2D eigenvalue weighted by molar-refractivity contribution is -0.123. The predicted octanol–water partition coefficient (Wildman–Crippen LogP) is 0.973. The van der Waals surface area contributed by atoms with Gasteiger partial charge in [0.2, 0.25) is 5.91 Å². The minimum Gasteiger partial charge on any atom is -0.355 e. The van der Waals surface area contributed by atoms with Crippen LogP contribution in [0.15, 0.2) is 0 Å². The molecule has 18 heavy (non-hydrogen) atoms. The molecule has 2 rings (SSSR count). The standard InChI is InChI=1S/C14H27N3O/c1-10(2)8-16-14(18)9-17-12-4-5-13(17)7-11(6-12)15-3/h10-13,15H,4-9H2,1-3H3,(H,16,18). The van der Waals surface area contributed by atoms with Crippen molar-refractivity contribution >= 4 is 5.91 Å². The number of hydrogen-bond acceptors (Lipinski definition) is 3. The van der Waals surface area contributed by atoms with Gasteiger partial charge in [0.15, 0.2) is 0 Å². The first-order valence-electron chi connectivity index (χ1n) is 7.29. The van der Waals surface area contributed by atoms with Crippen LogP contribution in [-0.2, 0) is 4.79 Å². The smallest absolute Gasteiger partial charge is 0.234 e. The van der Waals surface area contributed by atoms with Gasteiger partial charge in [-0.05, 0) is 38.6 Å². The number of nitrogens with one attached hydrogen (secondary N) is 2. The van der Waals surface area contributed by atoms with Crippen LogP contribution in [0.1, 0.15) is 39.5 Å². The summed E-state index contributed by atoms with van der Waals surface area (Å²) in [7, 11) is 2.05. The fraction of sp³-hybridized carbons (Fsp3) is 0.929.